The maximum Gasteiger partial charge on any atom is 0.119 e. The van der Waals surface area contributed by atoms with E-state index in [9.17, 15) is 0 Å². The van der Waals surface area contributed by atoms with Crippen LogP contribution < -0.4 is 4.74 Å². The molecule has 1 saturated carbocycles. The molecule has 0 radical (unpaired) electrons. The molecule has 1 aromatic rings. The third kappa shape index (κ3) is 1.79. The van der Waals surface area contributed by atoms with Crippen LogP contribution >= 0.6 is 0 Å². The fraction of sp³-hybridized carbons (Fsp3) is 0.455. The Hall–Kier alpha value is -0.980. The van der Waals surface area contributed by atoms with Crippen molar-refractivity contribution in [2.24, 2.45) is 5.92 Å². The van der Waals surface area contributed by atoms with Crippen molar-refractivity contribution in [1.82, 2.24) is 0 Å². The molecule has 0 N–H and O–H groups in total. The van der Waals surface area contributed by atoms with Crippen molar-refractivity contribution in [3.8, 4) is 5.75 Å². The molecule has 0 saturated heterocycles. The number of para-hydroxylation sites is 1. The van der Waals surface area contributed by atoms with Crippen molar-refractivity contribution >= 4 is 0 Å². The lowest BCUT2D eigenvalue weighted by atomic mass is 10.2. The second-order valence-electron chi connectivity index (χ2n) is 3.47. The van der Waals surface area contributed by atoms with Crippen molar-refractivity contribution in [1.29, 1.82) is 0 Å². The second kappa shape index (κ2) is 3.18. The minimum Gasteiger partial charge on any atom is -0.490 e. The highest BCUT2D eigenvalue weighted by Crippen LogP contribution is 2.34. The van der Waals surface area contributed by atoms with Gasteiger partial charge in [0.05, 0.1) is 6.10 Å². The smallest absolute Gasteiger partial charge is 0.119 e. The summed E-state index contributed by atoms with van der Waals surface area (Å²) < 4.78 is 5.74. The van der Waals surface area contributed by atoms with E-state index in [1.807, 2.05) is 30.3 Å². The molecular weight excluding hydrogens is 148 g/mol. The van der Waals surface area contributed by atoms with Crippen LogP contribution in [0.3, 0.4) is 0 Å². The first kappa shape index (κ1) is 7.66. The Kier molecular flexibility index (Phi) is 2.03. The molecule has 1 fully saturated rings. The van der Waals surface area contributed by atoms with Crippen LogP contribution in [0.5, 0.6) is 5.75 Å². The maximum atomic E-state index is 5.74. The zero-order valence-electron chi connectivity index (χ0n) is 7.36. The average molecular weight is 162 g/mol. The van der Waals surface area contributed by atoms with E-state index in [4.69, 9.17) is 4.74 Å². The maximum absolute atomic E-state index is 5.74. The highest BCUT2D eigenvalue weighted by molar-refractivity contribution is 5.21. The van der Waals surface area contributed by atoms with Crippen LogP contribution in [0.15, 0.2) is 30.3 Å². The van der Waals surface area contributed by atoms with Gasteiger partial charge in [0.1, 0.15) is 5.75 Å². The predicted molar refractivity (Wildman–Crippen MR) is 49.3 cm³/mol. The van der Waals surface area contributed by atoms with Gasteiger partial charge in [-0.1, -0.05) is 18.2 Å². The Labute approximate surface area is 73.4 Å². The van der Waals surface area contributed by atoms with Crippen LogP contribution in [-0.4, -0.2) is 6.10 Å². The molecule has 1 aliphatic carbocycles. The summed E-state index contributed by atoms with van der Waals surface area (Å²) >= 11 is 0. The fourth-order valence-corrected chi connectivity index (χ4v) is 1.38. The van der Waals surface area contributed by atoms with Gasteiger partial charge >= 0.3 is 0 Å². The van der Waals surface area contributed by atoms with Crippen molar-refractivity contribution in [2.45, 2.75) is 25.9 Å². The standard InChI is InChI=1S/C11H14O/c1-9(10-7-8-10)12-11-5-3-2-4-6-11/h2-6,9-10H,7-8H2,1H3. The molecule has 1 heteroatoms. The normalized spacial score (nSPS) is 18.8. The van der Waals surface area contributed by atoms with Gasteiger partial charge in [-0.15, -0.1) is 0 Å². The third-order valence-corrected chi connectivity index (χ3v) is 2.35. The molecule has 1 atom stereocenters. The summed E-state index contributed by atoms with van der Waals surface area (Å²) in [5.41, 5.74) is 0. The van der Waals surface area contributed by atoms with Gasteiger partial charge in [0.15, 0.2) is 0 Å². The van der Waals surface area contributed by atoms with Crippen molar-refractivity contribution in [2.75, 3.05) is 0 Å². The monoisotopic (exact) mass is 162 g/mol. The molecule has 0 aromatic heterocycles. The number of rotatable bonds is 3. The van der Waals surface area contributed by atoms with E-state index in [1.54, 1.807) is 0 Å². The highest BCUT2D eigenvalue weighted by atomic mass is 16.5. The second-order valence-corrected chi connectivity index (χ2v) is 3.47. The van der Waals surface area contributed by atoms with Gasteiger partial charge in [-0.3, -0.25) is 0 Å². The zero-order chi connectivity index (χ0) is 8.39. The molecule has 1 nitrogen and oxygen atoms in total. The van der Waals surface area contributed by atoms with Gasteiger partial charge in [0.25, 0.3) is 0 Å². The van der Waals surface area contributed by atoms with E-state index in [0.29, 0.717) is 6.10 Å². The molecule has 0 amide bonds. The first-order chi connectivity index (χ1) is 5.86. The Morgan fingerprint density at radius 3 is 2.50 bits per heavy atom. The predicted octanol–water partition coefficient (Wildman–Crippen LogP) is 2.86. The molecular formula is C11H14O. The quantitative estimate of drug-likeness (QED) is 0.664. The van der Waals surface area contributed by atoms with Crippen LogP contribution in [-0.2, 0) is 0 Å². The third-order valence-electron chi connectivity index (χ3n) is 2.35. The summed E-state index contributed by atoms with van der Waals surface area (Å²) in [6.07, 6.45) is 3.08. The van der Waals surface area contributed by atoms with E-state index in [0.717, 1.165) is 11.7 Å². The van der Waals surface area contributed by atoms with Crippen molar-refractivity contribution < 1.29 is 4.74 Å². The summed E-state index contributed by atoms with van der Waals surface area (Å²) in [5.74, 6) is 1.81. The lowest BCUT2D eigenvalue weighted by Gasteiger charge is -2.12. The van der Waals surface area contributed by atoms with Gasteiger partial charge < -0.3 is 4.74 Å². The SMILES string of the molecule is CC(Oc1ccccc1)C1CC1. The van der Waals surface area contributed by atoms with E-state index in [2.05, 4.69) is 6.92 Å². The topological polar surface area (TPSA) is 9.23 Å². The summed E-state index contributed by atoms with van der Waals surface area (Å²) in [6, 6.07) is 10.1. The Bertz CT molecular complexity index is 238. The van der Waals surface area contributed by atoms with Gasteiger partial charge in [0.2, 0.25) is 0 Å². The van der Waals surface area contributed by atoms with Gasteiger partial charge in [0, 0.05) is 0 Å². The number of benzene rings is 1. The molecule has 1 unspecified atom stereocenters. The molecule has 2 rings (SSSR count). The lowest BCUT2D eigenvalue weighted by Crippen LogP contribution is -2.13. The summed E-state index contributed by atoms with van der Waals surface area (Å²) in [6.45, 7) is 2.16. The number of ether oxygens (including phenoxy) is 1. The Morgan fingerprint density at radius 1 is 1.25 bits per heavy atom. The van der Waals surface area contributed by atoms with Crippen molar-refractivity contribution in [3.63, 3.8) is 0 Å². The zero-order valence-corrected chi connectivity index (χ0v) is 7.36. The van der Waals surface area contributed by atoms with Crippen molar-refractivity contribution in [3.05, 3.63) is 30.3 Å². The first-order valence-corrected chi connectivity index (χ1v) is 4.58. The van der Waals surface area contributed by atoms with E-state index in [-0.39, 0.29) is 0 Å². The Morgan fingerprint density at radius 2 is 1.92 bits per heavy atom. The van der Waals surface area contributed by atoms with E-state index < -0.39 is 0 Å². The lowest BCUT2D eigenvalue weighted by molar-refractivity contribution is 0.198. The molecule has 0 spiro atoms. The molecule has 1 aromatic carbocycles. The molecule has 1 aliphatic rings. The summed E-state index contributed by atoms with van der Waals surface area (Å²) in [7, 11) is 0. The fourth-order valence-electron chi connectivity index (χ4n) is 1.38. The molecule has 0 heterocycles. The molecule has 64 valence electrons. The van der Waals surface area contributed by atoms with E-state index in [1.165, 1.54) is 12.8 Å². The van der Waals surface area contributed by atoms with Crippen LogP contribution in [0, 0.1) is 5.92 Å². The number of hydrogen-bond acceptors (Lipinski definition) is 1. The van der Waals surface area contributed by atoms with Gasteiger partial charge in [-0.25, -0.2) is 0 Å². The molecule has 12 heavy (non-hydrogen) atoms. The first-order valence-electron chi connectivity index (χ1n) is 4.58. The Balaban J connectivity index is 1.94. The highest BCUT2D eigenvalue weighted by Gasteiger charge is 2.29. The number of hydrogen-bond donors (Lipinski definition) is 0. The van der Waals surface area contributed by atoms with Gasteiger partial charge in [-0.2, -0.15) is 0 Å². The summed E-state index contributed by atoms with van der Waals surface area (Å²) in [5, 5.41) is 0. The minimum absolute atomic E-state index is 0.396. The van der Waals surface area contributed by atoms with E-state index >= 15 is 0 Å². The molecule has 0 bridgehead atoms. The summed E-state index contributed by atoms with van der Waals surface area (Å²) in [4.78, 5) is 0. The van der Waals surface area contributed by atoms with Crippen LogP contribution in [0.2, 0.25) is 0 Å². The van der Waals surface area contributed by atoms with Crippen LogP contribution in [0.25, 0.3) is 0 Å². The minimum atomic E-state index is 0.396. The van der Waals surface area contributed by atoms with Crippen LogP contribution in [0.4, 0.5) is 0 Å². The van der Waals surface area contributed by atoms with Gasteiger partial charge in [-0.05, 0) is 37.8 Å². The largest absolute Gasteiger partial charge is 0.490 e. The van der Waals surface area contributed by atoms with Crippen LogP contribution in [0.1, 0.15) is 19.8 Å². The molecule has 0 aliphatic heterocycles. The average Bonchev–Trinajstić information content (AvgIpc) is 2.88.